The molecule has 5 nitrogen and oxygen atoms in total. The number of rotatable bonds is 10. The average Bonchev–Trinajstić information content (AvgIpc) is 2.45. The van der Waals surface area contributed by atoms with Crippen molar-refractivity contribution < 1.29 is 0 Å². The molecule has 1 aliphatic rings. The zero-order valence-electron chi connectivity index (χ0n) is 15.0. The number of hydrogen-bond acceptors (Lipinski definition) is 2. The second-order valence-corrected chi connectivity index (χ2v) is 6.58. The van der Waals surface area contributed by atoms with Crippen LogP contribution in [0.4, 0.5) is 0 Å². The van der Waals surface area contributed by atoms with Gasteiger partial charge in [0.2, 0.25) is 0 Å². The van der Waals surface area contributed by atoms with Gasteiger partial charge in [-0.05, 0) is 26.7 Å². The van der Waals surface area contributed by atoms with Crippen LogP contribution >= 0.6 is 0 Å². The fourth-order valence-corrected chi connectivity index (χ4v) is 2.39. The van der Waals surface area contributed by atoms with Gasteiger partial charge in [-0.15, -0.1) is 0 Å². The lowest BCUT2D eigenvalue weighted by Crippen LogP contribution is -2.68. The van der Waals surface area contributed by atoms with Crippen molar-refractivity contribution in [3.8, 4) is 0 Å². The summed E-state index contributed by atoms with van der Waals surface area (Å²) in [6, 6.07) is 0. The molecule has 0 amide bonds. The maximum absolute atomic E-state index is 4.65. The highest BCUT2D eigenvalue weighted by Crippen LogP contribution is 2.05. The molecule has 5 heteroatoms. The third-order valence-corrected chi connectivity index (χ3v) is 3.66. The molecule has 1 fully saturated rings. The van der Waals surface area contributed by atoms with Crippen molar-refractivity contribution in [3.05, 3.63) is 0 Å². The van der Waals surface area contributed by atoms with Gasteiger partial charge in [0.15, 0.2) is 11.9 Å². The Morgan fingerprint density at radius 3 is 1.82 bits per heavy atom. The fourth-order valence-electron chi connectivity index (χ4n) is 2.39. The molecule has 0 unspecified atom stereocenters. The van der Waals surface area contributed by atoms with Crippen LogP contribution < -0.4 is 16.0 Å². The maximum Gasteiger partial charge on any atom is 0.199 e. The highest BCUT2D eigenvalue weighted by Gasteiger charge is 2.26. The van der Waals surface area contributed by atoms with E-state index in [1.807, 2.05) is 0 Å². The summed E-state index contributed by atoms with van der Waals surface area (Å²) in [5, 5.41) is 9.98. The second-order valence-electron chi connectivity index (χ2n) is 6.58. The first-order chi connectivity index (χ1) is 10.6. The molecule has 0 aliphatic carbocycles. The van der Waals surface area contributed by atoms with Crippen molar-refractivity contribution in [3.63, 3.8) is 0 Å². The number of nitrogens with one attached hydrogen (secondary N) is 3. The van der Waals surface area contributed by atoms with Crippen LogP contribution in [-0.4, -0.2) is 30.7 Å². The first kappa shape index (κ1) is 18.8. The van der Waals surface area contributed by atoms with Gasteiger partial charge in [0, 0.05) is 13.1 Å². The molecule has 0 spiro atoms. The first-order valence-electron chi connectivity index (χ1n) is 8.99. The summed E-state index contributed by atoms with van der Waals surface area (Å²) in [6.45, 7) is 10.4. The van der Waals surface area contributed by atoms with E-state index in [0.29, 0.717) is 0 Å². The molecule has 1 aliphatic heterocycles. The molecular formula is C17H35N5. The van der Waals surface area contributed by atoms with Crippen molar-refractivity contribution in [2.24, 2.45) is 9.98 Å². The highest BCUT2D eigenvalue weighted by molar-refractivity contribution is 6.01. The standard InChI is InChI=1S/C17H35N5/c1-5-7-9-10-11-12-14-19-16-20-15(18-13-8-6-2)21-17(3,4)22-16/h5-14H2,1-4H3,(H3,18,19,20,21,22). The molecule has 0 bridgehead atoms. The molecular weight excluding hydrogens is 274 g/mol. The lowest BCUT2D eigenvalue weighted by molar-refractivity contribution is 0.403. The molecule has 0 aromatic carbocycles. The molecule has 0 saturated carbocycles. The van der Waals surface area contributed by atoms with Crippen LogP contribution in [0.15, 0.2) is 9.98 Å². The zero-order valence-corrected chi connectivity index (χ0v) is 15.0. The van der Waals surface area contributed by atoms with Gasteiger partial charge < -0.3 is 10.6 Å². The Bertz CT molecular complexity index is 360. The van der Waals surface area contributed by atoms with E-state index in [9.17, 15) is 0 Å². The van der Waals surface area contributed by atoms with E-state index >= 15 is 0 Å². The molecule has 1 heterocycles. The predicted molar refractivity (Wildman–Crippen MR) is 96.4 cm³/mol. The summed E-state index contributed by atoms with van der Waals surface area (Å²) in [5.41, 5.74) is -0.212. The van der Waals surface area contributed by atoms with Crippen LogP contribution in [0.2, 0.25) is 0 Å². The summed E-state index contributed by atoms with van der Waals surface area (Å²) in [6.07, 6.45) is 10.1. The van der Waals surface area contributed by atoms with Gasteiger partial charge in [0.05, 0.1) is 0 Å². The van der Waals surface area contributed by atoms with Gasteiger partial charge in [-0.2, -0.15) is 0 Å². The van der Waals surface area contributed by atoms with Crippen molar-refractivity contribution in [1.29, 1.82) is 0 Å². The Morgan fingerprint density at radius 2 is 1.23 bits per heavy atom. The van der Waals surface area contributed by atoms with Crippen molar-refractivity contribution in [2.45, 2.75) is 84.7 Å². The Balaban J connectivity index is 2.37. The zero-order chi connectivity index (χ0) is 16.3. The van der Waals surface area contributed by atoms with E-state index in [4.69, 9.17) is 0 Å². The molecule has 0 radical (unpaired) electrons. The molecule has 3 N–H and O–H groups in total. The van der Waals surface area contributed by atoms with Crippen molar-refractivity contribution in [2.75, 3.05) is 13.1 Å². The Hall–Kier alpha value is -1.26. The van der Waals surface area contributed by atoms with Gasteiger partial charge in [0.25, 0.3) is 0 Å². The molecule has 128 valence electrons. The van der Waals surface area contributed by atoms with Gasteiger partial charge in [-0.1, -0.05) is 52.4 Å². The van der Waals surface area contributed by atoms with Crippen LogP contribution in [0.1, 0.15) is 79.1 Å². The van der Waals surface area contributed by atoms with Crippen LogP contribution in [0.3, 0.4) is 0 Å². The molecule has 0 aromatic heterocycles. The van der Waals surface area contributed by atoms with E-state index in [-0.39, 0.29) is 5.66 Å². The average molecular weight is 310 g/mol. The van der Waals surface area contributed by atoms with Gasteiger partial charge >= 0.3 is 0 Å². The quantitative estimate of drug-likeness (QED) is 0.542. The van der Waals surface area contributed by atoms with Crippen LogP contribution in [-0.2, 0) is 0 Å². The van der Waals surface area contributed by atoms with E-state index in [1.54, 1.807) is 0 Å². The summed E-state index contributed by atoms with van der Waals surface area (Å²) in [5.74, 6) is 1.67. The molecule has 0 atom stereocenters. The summed E-state index contributed by atoms with van der Waals surface area (Å²) in [4.78, 5) is 9.22. The largest absolute Gasteiger partial charge is 0.334 e. The van der Waals surface area contributed by atoms with E-state index in [0.717, 1.165) is 44.3 Å². The van der Waals surface area contributed by atoms with Gasteiger partial charge in [-0.3, -0.25) is 15.3 Å². The monoisotopic (exact) mass is 309 g/mol. The molecule has 1 rings (SSSR count). The normalized spacial score (nSPS) is 20.5. The van der Waals surface area contributed by atoms with Gasteiger partial charge in [-0.25, -0.2) is 0 Å². The number of hydrogen-bond donors (Lipinski definition) is 3. The van der Waals surface area contributed by atoms with E-state index in [2.05, 4.69) is 53.6 Å². The van der Waals surface area contributed by atoms with E-state index in [1.165, 1.54) is 32.1 Å². The highest BCUT2D eigenvalue weighted by atomic mass is 15.4. The third-order valence-electron chi connectivity index (χ3n) is 3.66. The lowest BCUT2D eigenvalue weighted by atomic mass is 10.1. The molecule has 1 saturated heterocycles. The molecule has 0 aromatic rings. The van der Waals surface area contributed by atoms with Crippen molar-refractivity contribution >= 4 is 11.9 Å². The number of unbranched alkanes of at least 4 members (excludes halogenated alkanes) is 6. The number of aliphatic imine (C=N–C) groups is 2. The summed E-state index contributed by atoms with van der Waals surface area (Å²) in [7, 11) is 0. The summed E-state index contributed by atoms with van der Waals surface area (Å²) >= 11 is 0. The fraction of sp³-hybridized carbons (Fsp3) is 0.882. The number of guanidine groups is 2. The van der Waals surface area contributed by atoms with Crippen LogP contribution in [0.25, 0.3) is 0 Å². The third kappa shape index (κ3) is 8.25. The topological polar surface area (TPSA) is 60.8 Å². The van der Waals surface area contributed by atoms with Crippen LogP contribution in [0, 0.1) is 0 Å². The predicted octanol–water partition coefficient (Wildman–Crippen LogP) is 3.38. The second kappa shape index (κ2) is 10.5. The Kier molecular flexibility index (Phi) is 8.94. The van der Waals surface area contributed by atoms with Gasteiger partial charge in [0.1, 0.15) is 5.66 Å². The lowest BCUT2D eigenvalue weighted by Gasteiger charge is -2.36. The Labute approximate surface area is 136 Å². The number of nitrogens with zero attached hydrogens (tertiary/aromatic N) is 2. The SMILES string of the molecule is CCCCCCCCN=C1NC(=NCCCC)NC(C)(C)N1. The van der Waals surface area contributed by atoms with Crippen molar-refractivity contribution in [1.82, 2.24) is 16.0 Å². The maximum atomic E-state index is 4.65. The van der Waals surface area contributed by atoms with E-state index < -0.39 is 0 Å². The summed E-state index contributed by atoms with van der Waals surface area (Å²) < 4.78 is 0. The Morgan fingerprint density at radius 1 is 0.727 bits per heavy atom. The smallest absolute Gasteiger partial charge is 0.199 e. The van der Waals surface area contributed by atoms with Crippen LogP contribution in [0.5, 0.6) is 0 Å². The minimum atomic E-state index is -0.212. The molecule has 22 heavy (non-hydrogen) atoms. The minimum Gasteiger partial charge on any atom is -0.334 e. The first-order valence-corrected chi connectivity index (χ1v) is 8.99. The minimum absolute atomic E-state index is 0.212.